The normalized spacial score (nSPS) is 28.3. The Labute approximate surface area is 43.9 Å². The molecule has 1 saturated heterocycles. The minimum Gasteiger partial charge on any atom is -0.144 e. The van der Waals surface area contributed by atoms with Crippen molar-refractivity contribution >= 4 is 0 Å². The SMILES string of the molecule is C[N+]1([O])CCCC1. The molecule has 0 amide bonds. The third-order valence-corrected chi connectivity index (χ3v) is 1.51. The molecule has 0 N–H and O–H groups in total. The van der Waals surface area contributed by atoms with Crippen molar-refractivity contribution in [2.45, 2.75) is 12.8 Å². The number of hydroxylamine groups is 3. The molecule has 1 fully saturated rings. The van der Waals surface area contributed by atoms with Crippen molar-refractivity contribution in [3.8, 4) is 0 Å². The average Bonchev–Trinajstić information content (AvgIpc) is 1.84. The molecule has 0 saturated carbocycles. The molecule has 1 heterocycles. The molecule has 1 radical (unpaired) electrons. The summed E-state index contributed by atoms with van der Waals surface area (Å²) in [7, 11) is 1.74. The number of nitrogens with zero attached hydrogens (tertiary/aromatic N) is 1. The van der Waals surface area contributed by atoms with Crippen molar-refractivity contribution in [1.29, 1.82) is 0 Å². The van der Waals surface area contributed by atoms with Gasteiger partial charge in [0.2, 0.25) is 0 Å². The summed E-state index contributed by atoms with van der Waals surface area (Å²) in [4.78, 5) is 0. The molecule has 2 heteroatoms. The summed E-state index contributed by atoms with van der Waals surface area (Å²) in [6.45, 7) is 1.67. The van der Waals surface area contributed by atoms with Crippen molar-refractivity contribution < 1.29 is 9.85 Å². The van der Waals surface area contributed by atoms with E-state index in [1.54, 1.807) is 7.05 Å². The van der Waals surface area contributed by atoms with Crippen LogP contribution in [0.1, 0.15) is 12.8 Å². The largest absolute Gasteiger partial charge is 0.144 e. The minimum atomic E-state index is 0. The Morgan fingerprint density at radius 3 is 1.86 bits per heavy atom. The van der Waals surface area contributed by atoms with Crippen LogP contribution in [-0.4, -0.2) is 24.8 Å². The molecule has 0 aromatic heterocycles. The van der Waals surface area contributed by atoms with Crippen LogP contribution in [0, 0.1) is 0 Å². The smallest absolute Gasteiger partial charge is 0.112 e. The first-order valence-corrected chi connectivity index (χ1v) is 2.76. The summed E-state index contributed by atoms with van der Waals surface area (Å²) in [5.41, 5.74) is 0. The van der Waals surface area contributed by atoms with E-state index in [9.17, 15) is 5.21 Å². The fraction of sp³-hybridized carbons (Fsp3) is 1.00. The Bertz CT molecular complexity index is 62.5. The Kier molecular flexibility index (Phi) is 1.05. The van der Waals surface area contributed by atoms with Crippen LogP contribution in [0.2, 0.25) is 0 Å². The number of rotatable bonds is 0. The van der Waals surface area contributed by atoms with Crippen LogP contribution >= 0.6 is 0 Å². The third kappa shape index (κ3) is 1.14. The predicted molar refractivity (Wildman–Crippen MR) is 25.8 cm³/mol. The monoisotopic (exact) mass is 101 g/mol. The van der Waals surface area contributed by atoms with E-state index in [0.29, 0.717) is 0 Å². The topological polar surface area (TPSA) is 19.9 Å². The summed E-state index contributed by atoms with van der Waals surface area (Å²) >= 11 is 0. The Hall–Kier alpha value is -0.0800. The molecule has 0 unspecified atom stereocenters. The van der Waals surface area contributed by atoms with E-state index in [-0.39, 0.29) is 4.65 Å². The Balaban J connectivity index is 2.40. The van der Waals surface area contributed by atoms with E-state index in [1.807, 2.05) is 0 Å². The fourth-order valence-corrected chi connectivity index (χ4v) is 1.00. The molecule has 1 rings (SSSR count). The molecule has 0 bridgehead atoms. The molecule has 0 aromatic carbocycles. The average molecular weight is 101 g/mol. The van der Waals surface area contributed by atoms with Gasteiger partial charge in [0, 0.05) is 18.0 Å². The molecule has 0 spiro atoms. The molecule has 0 atom stereocenters. The van der Waals surface area contributed by atoms with Crippen LogP contribution < -0.4 is 0 Å². The predicted octanol–water partition coefficient (Wildman–Crippen LogP) is 0.572. The van der Waals surface area contributed by atoms with Crippen LogP contribution in [0.4, 0.5) is 0 Å². The Morgan fingerprint density at radius 1 is 1.29 bits per heavy atom. The van der Waals surface area contributed by atoms with E-state index >= 15 is 0 Å². The highest BCUT2D eigenvalue weighted by Crippen LogP contribution is 2.11. The summed E-state index contributed by atoms with van der Waals surface area (Å²) in [6.07, 6.45) is 2.25. The van der Waals surface area contributed by atoms with Crippen molar-refractivity contribution in [2.75, 3.05) is 20.1 Å². The second-order valence-corrected chi connectivity index (χ2v) is 2.45. The molecule has 1 aliphatic heterocycles. The van der Waals surface area contributed by atoms with Gasteiger partial charge in [-0.2, -0.15) is 0 Å². The van der Waals surface area contributed by atoms with Gasteiger partial charge in [-0.15, -0.1) is 4.65 Å². The summed E-state index contributed by atoms with van der Waals surface area (Å²) in [5.74, 6) is 0. The molecular formula is C5H11NO+. The zero-order valence-electron chi connectivity index (χ0n) is 4.68. The number of likely N-dealkylation sites (tertiary alicyclic amines) is 1. The van der Waals surface area contributed by atoms with Crippen molar-refractivity contribution in [3.63, 3.8) is 0 Å². The second kappa shape index (κ2) is 1.46. The van der Waals surface area contributed by atoms with Gasteiger partial charge in [0.15, 0.2) is 0 Å². The molecular weight excluding hydrogens is 90.1 g/mol. The highest BCUT2D eigenvalue weighted by atomic mass is 16.5. The molecule has 41 valence electrons. The summed E-state index contributed by atoms with van der Waals surface area (Å²) in [6, 6.07) is 0. The lowest BCUT2D eigenvalue weighted by molar-refractivity contribution is -1.10. The van der Waals surface area contributed by atoms with Crippen LogP contribution in [0.25, 0.3) is 0 Å². The third-order valence-electron chi connectivity index (χ3n) is 1.51. The number of hydrogen-bond acceptors (Lipinski definition) is 0. The van der Waals surface area contributed by atoms with Crippen molar-refractivity contribution in [1.82, 2.24) is 0 Å². The molecule has 0 aliphatic carbocycles. The van der Waals surface area contributed by atoms with Crippen molar-refractivity contribution in [3.05, 3.63) is 0 Å². The fourth-order valence-electron chi connectivity index (χ4n) is 1.00. The molecule has 7 heavy (non-hydrogen) atoms. The highest BCUT2D eigenvalue weighted by Gasteiger charge is 2.26. The van der Waals surface area contributed by atoms with Gasteiger partial charge < -0.3 is 0 Å². The van der Waals surface area contributed by atoms with Gasteiger partial charge in [0.1, 0.15) is 20.1 Å². The lowest BCUT2D eigenvalue weighted by Gasteiger charge is -2.11. The van der Waals surface area contributed by atoms with Gasteiger partial charge in [-0.3, -0.25) is 0 Å². The molecule has 2 nitrogen and oxygen atoms in total. The van der Waals surface area contributed by atoms with Gasteiger partial charge in [-0.05, 0) is 0 Å². The van der Waals surface area contributed by atoms with Gasteiger partial charge in [0.05, 0.1) is 0 Å². The lowest BCUT2D eigenvalue weighted by atomic mass is 10.4. The zero-order chi connectivity index (χ0) is 5.33. The van der Waals surface area contributed by atoms with Gasteiger partial charge in [-0.25, -0.2) is 0 Å². The first kappa shape index (κ1) is 5.06. The van der Waals surface area contributed by atoms with Crippen LogP contribution in [0.15, 0.2) is 0 Å². The second-order valence-electron chi connectivity index (χ2n) is 2.45. The summed E-state index contributed by atoms with van der Waals surface area (Å²) in [5, 5.41) is 10.8. The van der Waals surface area contributed by atoms with E-state index in [4.69, 9.17) is 0 Å². The molecule has 0 aromatic rings. The maximum absolute atomic E-state index is 10.8. The number of quaternary nitrogens is 1. The quantitative estimate of drug-likeness (QED) is 0.398. The number of hydrogen-bond donors (Lipinski definition) is 0. The lowest BCUT2D eigenvalue weighted by Crippen LogP contribution is -2.34. The van der Waals surface area contributed by atoms with Crippen LogP contribution in [-0.2, 0) is 5.21 Å². The van der Waals surface area contributed by atoms with Crippen LogP contribution in [0.3, 0.4) is 0 Å². The van der Waals surface area contributed by atoms with Crippen LogP contribution in [0.5, 0.6) is 0 Å². The van der Waals surface area contributed by atoms with E-state index in [1.165, 1.54) is 0 Å². The van der Waals surface area contributed by atoms with Gasteiger partial charge in [0.25, 0.3) is 0 Å². The zero-order valence-corrected chi connectivity index (χ0v) is 4.68. The summed E-state index contributed by atoms with van der Waals surface area (Å²) < 4.78 is 0. The maximum Gasteiger partial charge on any atom is 0.112 e. The Morgan fingerprint density at radius 2 is 1.71 bits per heavy atom. The molecule has 1 aliphatic rings. The first-order valence-electron chi connectivity index (χ1n) is 2.76. The van der Waals surface area contributed by atoms with E-state index in [2.05, 4.69) is 0 Å². The van der Waals surface area contributed by atoms with Gasteiger partial charge in [-0.1, -0.05) is 0 Å². The standard InChI is InChI=1S/C5H11NO/c1-6(7)4-2-3-5-6/h2-5H2,1H3/q+1. The highest BCUT2D eigenvalue weighted by molar-refractivity contribution is 4.44. The maximum atomic E-state index is 10.8. The van der Waals surface area contributed by atoms with E-state index in [0.717, 1.165) is 25.9 Å². The van der Waals surface area contributed by atoms with E-state index < -0.39 is 0 Å². The van der Waals surface area contributed by atoms with Gasteiger partial charge >= 0.3 is 0 Å². The minimum absolute atomic E-state index is 0. The first-order chi connectivity index (χ1) is 3.21. The van der Waals surface area contributed by atoms with Crippen molar-refractivity contribution in [2.24, 2.45) is 0 Å².